The lowest BCUT2D eigenvalue weighted by atomic mass is 9.43. The highest BCUT2D eigenvalue weighted by molar-refractivity contribution is 6.00. The molecule has 0 aromatic heterocycles. The Morgan fingerprint density at radius 1 is 1.06 bits per heavy atom. The fourth-order valence-electron chi connectivity index (χ4n) is 9.07. The summed E-state index contributed by atoms with van der Waals surface area (Å²) in [6.07, 6.45) is 11.4. The number of rotatable bonds is 5. The molecule has 182 valence electrons. The lowest BCUT2D eigenvalue weighted by molar-refractivity contribution is -0.142. The highest BCUT2D eigenvalue weighted by Gasteiger charge is 2.65. The molecule has 2 fully saturated rings. The van der Waals surface area contributed by atoms with Gasteiger partial charge in [-0.05, 0) is 86.0 Å². The first-order valence-corrected chi connectivity index (χ1v) is 13.3. The zero-order valence-electron chi connectivity index (χ0n) is 22.0. The standard InChI is InChI=1S/C30H44O3/c1-19(18-31)9-8-10-20(2)21-13-16-29(6)22-11-12-24-27(3,4)25(33)14-15-28(24,5)26(22)23(32)17-30(21,29)7/h9,18,20-21,24H,8,10-17H2,1-7H3/b19-9+/t20-,21-,24+,28+,29+,30-/m1/s1. The van der Waals surface area contributed by atoms with E-state index in [1.807, 2.05) is 6.92 Å². The Labute approximate surface area is 200 Å². The minimum atomic E-state index is -0.340. The van der Waals surface area contributed by atoms with Crippen LogP contribution < -0.4 is 0 Å². The second-order valence-corrected chi connectivity index (χ2v) is 13.1. The molecule has 0 bridgehead atoms. The molecule has 0 saturated heterocycles. The van der Waals surface area contributed by atoms with Crippen LogP contribution in [0.25, 0.3) is 0 Å². The maximum Gasteiger partial charge on any atom is 0.159 e. The normalized spacial score (nSPS) is 41.4. The lowest BCUT2D eigenvalue weighted by Gasteiger charge is -2.60. The molecular weight excluding hydrogens is 408 g/mol. The Kier molecular flexibility index (Phi) is 5.98. The molecule has 4 aliphatic rings. The van der Waals surface area contributed by atoms with E-state index in [0.29, 0.717) is 36.2 Å². The molecular formula is C30H44O3. The number of carbonyl (C=O) groups is 3. The van der Waals surface area contributed by atoms with Gasteiger partial charge in [0, 0.05) is 29.2 Å². The van der Waals surface area contributed by atoms with Gasteiger partial charge in [-0.25, -0.2) is 0 Å². The van der Waals surface area contributed by atoms with E-state index >= 15 is 0 Å². The van der Waals surface area contributed by atoms with Gasteiger partial charge in [-0.15, -0.1) is 0 Å². The summed E-state index contributed by atoms with van der Waals surface area (Å²) in [5, 5.41) is 0. The topological polar surface area (TPSA) is 51.2 Å². The van der Waals surface area contributed by atoms with Crippen LogP contribution in [-0.4, -0.2) is 17.9 Å². The predicted octanol–water partition coefficient (Wildman–Crippen LogP) is 7.05. The van der Waals surface area contributed by atoms with Gasteiger partial charge in [-0.2, -0.15) is 0 Å². The molecule has 33 heavy (non-hydrogen) atoms. The van der Waals surface area contributed by atoms with Crippen LogP contribution >= 0.6 is 0 Å². The Morgan fingerprint density at radius 2 is 1.76 bits per heavy atom. The van der Waals surface area contributed by atoms with Gasteiger partial charge < -0.3 is 0 Å². The molecule has 3 nitrogen and oxygen atoms in total. The number of fused-ring (bicyclic) bond motifs is 4. The Balaban J connectivity index is 1.69. The van der Waals surface area contributed by atoms with E-state index in [-0.39, 0.29) is 27.6 Å². The van der Waals surface area contributed by atoms with Crippen LogP contribution in [0.5, 0.6) is 0 Å². The van der Waals surface area contributed by atoms with Gasteiger partial charge in [-0.1, -0.05) is 53.2 Å². The Morgan fingerprint density at radius 3 is 2.42 bits per heavy atom. The Bertz CT molecular complexity index is 936. The molecule has 2 saturated carbocycles. The fourth-order valence-corrected chi connectivity index (χ4v) is 9.07. The molecule has 3 heteroatoms. The van der Waals surface area contributed by atoms with Crippen molar-refractivity contribution in [3.63, 3.8) is 0 Å². The van der Waals surface area contributed by atoms with Crippen molar-refractivity contribution in [2.24, 2.45) is 39.4 Å². The number of Topliss-reactive ketones (excluding diaryl/α,β-unsaturated/α-hetero) is 2. The number of carbonyl (C=O) groups excluding carboxylic acids is 3. The third kappa shape index (κ3) is 3.39. The summed E-state index contributed by atoms with van der Waals surface area (Å²) >= 11 is 0. The molecule has 4 aliphatic carbocycles. The van der Waals surface area contributed by atoms with E-state index in [1.54, 1.807) is 0 Å². The molecule has 0 N–H and O–H groups in total. The molecule has 0 heterocycles. The number of allylic oxidation sites excluding steroid dienone is 4. The number of ketones is 2. The van der Waals surface area contributed by atoms with Gasteiger partial charge in [0.25, 0.3) is 0 Å². The minimum absolute atomic E-state index is 0.00501. The quantitative estimate of drug-likeness (QED) is 0.332. The van der Waals surface area contributed by atoms with Crippen LogP contribution in [0.3, 0.4) is 0 Å². The predicted molar refractivity (Wildman–Crippen MR) is 133 cm³/mol. The molecule has 0 spiro atoms. The summed E-state index contributed by atoms with van der Waals surface area (Å²) in [7, 11) is 0. The first kappa shape index (κ1) is 24.6. The maximum absolute atomic E-state index is 14.0. The second kappa shape index (κ2) is 8.02. The van der Waals surface area contributed by atoms with Crippen LogP contribution in [0.2, 0.25) is 0 Å². The first-order chi connectivity index (χ1) is 15.3. The van der Waals surface area contributed by atoms with E-state index < -0.39 is 0 Å². The summed E-state index contributed by atoms with van der Waals surface area (Å²) in [5.74, 6) is 2.08. The van der Waals surface area contributed by atoms with Crippen molar-refractivity contribution in [1.29, 1.82) is 0 Å². The van der Waals surface area contributed by atoms with E-state index in [2.05, 4.69) is 47.6 Å². The average molecular weight is 453 g/mol. The van der Waals surface area contributed by atoms with Crippen molar-refractivity contribution in [3.8, 4) is 0 Å². The zero-order chi connectivity index (χ0) is 24.4. The molecule has 0 aromatic rings. The maximum atomic E-state index is 14.0. The van der Waals surface area contributed by atoms with Gasteiger partial charge >= 0.3 is 0 Å². The van der Waals surface area contributed by atoms with Gasteiger partial charge in [0.05, 0.1) is 0 Å². The number of aldehydes is 1. The molecule has 0 radical (unpaired) electrons. The van der Waals surface area contributed by atoms with Crippen LogP contribution in [0.4, 0.5) is 0 Å². The Hall–Kier alpha value is -1.51. The van der Waals surface area contributed by atoms with Crippen molar-refractivity contribution in [2.75, 3.05) is 0 Å². The summed E-state index contributed by atoms with van der Waals surface area (Å²) in [4.78, 5) is 37.7. The minimum Gasteiger partial charge on any atom is -0.299 e. The van der Waals surface area contributed by atoms with E-state index in [0.717, 1.165) is 56.0 Å². The number of hydrogen-bond donors (Lipinski definition) is 0. The monoisotopic (exact) mass is 452 g/mol. The summed E-state index contributed by atoms with van der Waals surface area (Å²) in [6, 6.07) is 0. The van der Waals surface area contributed by atoms with Crippen LogP contribution in [-0.2, 0) is 14.4 Å². The van der Waals surface area contributed by atoms with Crippen LogP contribution in [0, 0.1) is 39.4 Å². The highest BCUT2D eigenvalue weighted by Crippen LogP contribution is 2.71. The molecule has 0 unspecified atom stereocenters. The van der Waals surface area contributed by atoms with Crippen molar-refractivity contribution in [1.82, 2.24) is 0 Å². The fraction of sp³-hybridized carbons (Fsp3) is 0.767. The van der Waals surface area contributed by atoms with Gasteiger partial charge in [0.15, 0.2) is 5.78 Å². The number of hydrogen-bond acceptors (Lipinski definition) is 3. The zero-order valence-corrected chi connectivity index (χ0v) is 22.0. The molecule has 0 aliphatic heterocycles. The first-order valence-electron chi connectivity index (χ1n) is 13.3. The van der Waals surface area contributed by atoms with Crippen LogP contribution in [0.1, 0.15) is 106 Å². The van der Waals surface area contributed by atoms with Gasteiger partial charge in [0.1, 0.15) is 12.1 Å². The molecule has 0 aromatic carbocycles. The molecule has 6 atom stereocenters. The third-order valence-corrected chi connectivity index (χ3v) is 11.3. The SMILES string of the molecule is C/C(C=O)=C\CC[C@@H](C)[C@H]1CC[C@@]2(C)C3=C(C(=O)C[C@]12C)[C@@]1(C)CCC(=O)C(C)(C)[C@@H]1CC3. The summed E-state index contributed by atoms with van der Waals surface area (Å²) < 4.78 is 0. The molecule has 4 rings (SSSR count). The van der Waals surface area contributed by atoms with Crippen molar-refractivity contribution >= 4 is 17.9 Å². The largest absolute Gasteiger partial charge is 0.299 e. The van der Waals surface area contributed by atoms with Crippen molar-refractivity contribution in [3.05, 3.63) is 22.8 Å². The molecule has 0 amide bonds. The van der Waals surface area contributed by atoms with Gasteiger partial charge in [-0.3, -0.25) is 14.4 Å². The third-order valence-electron chi connectivity index (χ3n) is 11.3. The van der Waals surface area contributed by atoms with Crippen molar-refractivity contribution < 1.29 is 14.4 Å². The van der Waals surface area contributed by atoms with Crippen LogP contribution in [0.15, 0.2) is 22.8 Å². The lowest BCUT2D eigenvalue weighted by Crippen LogP contribution is -2.56. The summed E-state index contributed by atoms with van der Waals surface area (Å²) in [6.45, 7) is 15.6. The average Bonchev–Trinajstić information content (AvgIpc) is 3.02. The van der Waals surface area contributed by atoms with E-state index in [1.165, 1.54) is 12.0 Å². The smallest absolute Gasteiger partial charge is 0.159 e. The van der Waals surface area contributed by atoms with Gasteiger partial charge in [0.2, 0.25) is 0 Å². The highest BCUT2D eigenvalue weighted by atomic mass is 16.1. The van der Waals surface area contributed by atoms with E-state index in [4.69, 9.17) is 0 Å². The van der Waals surface area contributed by atoms with Crippen molar-refractivity contribution in [2.45, 2.75) is 106 Å². The summed E-state index contributed by atoms with van der Waals surface area (Å²) in [5.41, 5.74) is 2.97. The second-order valence-electron chi connectivity index (χ2n) is 13.1. The van der Waals surface area contributed by atoms with E-state index in [9.17, 15) is 14.4 Å².